The number of carbonyl (C=O) groups is 2. The summed E-state index contributed by atoms with van der Waals surface area (Å²) in [5.41, 5.74) is 1.65. The fourth-order valence-corrected chi connectivity index (χ4v) is 3.43. The normalized spacial score (nSPS) is 15.5. The van der Waals surface area contributed by atoms with Crippen molar-refractivity contribution in [3.63, 3.8) is 0 Å². The van der Waals surface area contributed by atoms with E-state index >= 15 is 0 Å². The minimum atomic E-state index is -6.66. The molecule has 1 aromatic carbocycles. The van der Waals surface area contributed by atoms with Crippen LogP contribution in [-0.2, 0) is 11.2 Å². The van der Waals surface area contributed by atoms with Gasteiger partial charge in [-0.2, -0.15) is 35.8 Å². The minimum Gasteiger partial charge on any atom is -0.495 e. The molecule has 7 nitrogen and oxygen atoms in total. The summed E-state index contributed by atoms with van der Waals surface area (Å²) in [4.78, 5) is 24.3. The van der Waals surface area contributed by atoms with E-state index in [2.05, 4.69) is 10.4 Å². The van der Waals surface area contributed by atoms with E-state index in [1.807, 2.05) is 0 Å². The number of benzene rings is 1. The molecule has 0 fully saturated rings. The third-order valence-electron chi connectivity index (χ3n) is 5.22. The number of halogens is 7. The number of nitrogens with zero attached hydrogens (tertiary/aromatic N) is 1. The number of carbonyl (C=O) groups excluding carboxylic acids is 2. The van der Waals surface area contributed by atoms with Gasteiger partial charge in [0.2, 0.25) is 0 Å². The first-order valence-electron chi connectivity index (χ1n) is 9.98. The maximum absolute atomic E-state index is 13.6. The highest BCUT2D eigenvalue weighted by atomic mass is 19.4. The van der Waals surface area contributed by atoms with Crippen molar-refractivity contribution in [1.82, 2.24) is 5.43 Å². The molecule has 2 aromatic rings. The van der Waals surface area contributed by atoms with Crippen LogP contribution in [0.5, 0.6) is 5.75 Å². The number of hydrogen-bond acceptors (Lipinski definition) is 5. The van der Waals surface area contributed by atoms with Crippen LogP contribution in [-0.4, -0.2) is 42.7 Å². The van der Waals surface area contributed by atoms with Gasteiger partial charge in [0.25, 0.3) is 5.91 Å². The molecule has 1 heterocycles. The molecular weight excluding hydrogens is 491 g/mol. The quantitative estimate of drug-likeness (QED) is 0.431. The summed E-state index contributed by atoms with van der Waals surface area (Å²) in [6, 6.07) is 6.48. The zero-order chi connectivity index (χ0) is 26.2. The molecule has 0 unspecified atom stereocenters. The van der Waals surface area contributed by atoms with Crippen LogP contribution in [0, 0.1) is 6.92 Å². The van der Waals surface area contributed by atoms with Crippen LogP contribution in [0.3, 0.4) is 0 Å². The van der Waals surface area contributed by atoms with E-state index in [0.29, 0.717) is 24.3 Å². The van der Waals surface area contributed by atoms with Crippen molar-refractivity contribution in [1.29, 1.82) is 0 Å². The lowest BCUT2D eigenvalue weighted by molar-refractivity contribution is -0.344. The molecule has 190 valence electrons. The van der Waals surface area contributed by atoms with Crippen LogP contribution < -0.4 is 15.5 Å². The Kier molecular flexibility index (Phi) is 6.86. The second kappa shape index (κ2) is 9.23. The van der Waals surface area contributed by atoms with Crippen molar-refractivity contribution in [2.75, 3.05) is 12.4 Å². The van der Waals surface area contributed by atoms with Gasteiger partial charge >= 0.3 is 23.9 Å². The van der Waals surface area contributed by atoms with E-state index in [-0.39, 0.29) is 34.8 Å². The van der Waals surface area contributed by atoms with Crippen molar-refractivity contribution in [3.8, 4) is 5.75 Å². The van der Waals surface area contributed by atoms with Crippen LogP contribution in [0.25, 0.3) is 0 Å². The number of methoxy groups -OCH3 is 1. The average Bonchev–Trinajstić information content (AvgIpc) is 3.14. The van der Waals surface area contributed by atoms with E-state index in [1.54, 1.807) is 24.3 Å². The Bertz CT molecular complexity index is 1170. The third kappa shape index (κ3) is 4.68. The number of fused-ring (bicyclic) bond motifs is 1. The van der Waals surface area contributed by atoms with Gasteiger partial charge in [-0.05, 0) is 31.9 Å². The Morgan fingerprint density at radius 3 is 2.34 bits per heavy atom. The number of furan rings is 1. The van der Waals surface area contributed by atoms with E-state index in [1.165, 1.54) is 14.0 Å². The predicted octanol–water partition coefficient (Wildman–Crippen LogP) is 4.84. The molecule has 0 atom stereocenters. The van der Waals surface area contributed by atoms with E-state index in [4.69, 9.17) is 9.15 Å². The van der Waals surface area contributed by atoms with Gasteiger partial charge in [-0.15, -0.1) is 0 Å². The maximum atomic E-state index is 13.6. The van der Waals surface area contributed by atoms with Gasteiger partial charge in [0, 0.05) is 17.5 Å². The smallest absolute Gasteiger partial charge is 0.460 e. The van der Waals surface area contributed by atoms with Gasteiger partial charge in [0.1, 0.15) is 11.5 Å². The number of amides is 2. The lowest BCUT2D eigenvalue weighted by Crippen LogP contribution is -2.58. The Labute approximate surface area is 193 Å². The molecule has 1 aliphatic carbocycles. The Morgan fingerprint density at radius 1 is 1.06 bits per heavy atom. The summed E-state index contributed by atoms with van der Waals surface area (Å²) in [7, 11) is 1.40. The fourth-order valence-electron chi connectivity index (χ4n) is 3.43. The number of aryl methyl sites for hydroxylation is 1. The first-order valence-corrected chi connectivity index (χ1v) is 9.98. The Morgan fingerprint density at radius 2 is 1.71 bits per heavy atom. The third-order valence-corrected chi connectivity index (χ3v) is 5.22. The number of anilines is 1. The first kappa shape index (κ1) is 26.0. The van der Waals surface area contributed by atoms with Gasteiger partial charge in [0.15, 0.2) is 5.76 Å². The highest BCUT2D eigenvalue weighted by Gasteiger charge is 2.76. The molecule has 35 heavy (non-hydrogen) atoms. The number of hydrogen-bond donors (Lipinski definition) is 2. The highest BCUT2D eigenvalue weighted by molar-refractivity contribution is 6.09. The molecule has 3 rings (SSSR count). The molecule has 0 saturated heterocycles. The maximum Gasteiger partial charge on any atom is 0.460 e. The fraction of sp³-hybridized carbons (Fsp3) is 0.381. The number of alkyl halides is 7. The number of hydrazone groups is 1. The highest BCUT2D eigenvalue weighted by Crippen LogP contribution is 2.46. The molecule has 0 spiro atoms. The van der Waals surface area contributed by atoms with Gasteiger partial charge in [-0.25, -0.2) is 5.43 Å². The summed E-state index contributed by atoms with van der Waals surface area (Å²) in [5, 5.41) is 5.94. The summed E-state index contributed by atoms with van der Waals surface area (Å²) in [6.45, 7) is 1.44. The first-order chi connectivity index (χ1) is 16.2. The lowest BCUT2D eigenvalue weighted by atomic mass is 9.93. The van der Waals surface area contributed by atoms with Crippen LogP contribution in [0.15, 0.2) is 33.8 Å². The van der Waals surface area contributed by atoms with Crippen LogP contribution >= 0.6 is 0 Å². The SMILES string of the molecule is COc1ccccc1NC(=O)c1oc2c(c1C)/C(=N/NC(=O)C(F)(F)C(F)(F)C(F)(F)F)CCC2. The standard InChI is InChI=1S/C21H18F7N3O4/c1-10-15-12(30-31-18(33)19(22,23)20(24,25)21(26,27)28)7-5-9-14(15)35-16(10)17(32)29-11-6-3-4-8-13(11)34-2/h3-4,6,8H,5,7,9H2,1-2H3,(H,29,32)(H,31,33)/b30-12+. The zero-order valence-electron chi connectivity index (χ0n) is 18.2. The summed E-state index contributed by atoms with van der Waals surface area (Å²) in [5.74, 6) is -16.0. The van der Waals surface area contributed by atoms with Gasteiger partial charge in [-0.1, -0.05) is 12.1 Å². The second-order valence-corrected chi connectivity index (χ2v) is 7.51. The molecular formula is C21H18F7N3O4. The van der Waals surface area contributed by atoms with E-state index in [9.17, 15) is 40.3 Å². The number of rotatable bonds is 6. The van der Waals surface area contributed by atoms with Crippen molar-refractivity contribution >= 4 is 23.2 Å². The van der Waals surface area contributed by atoms with Crippen LogP contribution in [0.1, 0.15) is 40.3 Å². The van der Waals surface area contributed by atoms with Gasteiger partial charge < -0.3 is 14.5 Å². The summed E-state index contributed by atoms with van der Waals surface area (Å²) in [6.07, 6.45) is -6.00. The predicted molar refractivity (Wildman–Crippen MR) is 108 cm³/mol. The van der Waals surface area contributed by atoms with Crippen LogP contribution in [0.4, 0.5) is 36.4 Å². The Balaban J connectivity index is 1.87. The van der Waals surface area contributed by atoms with E-state index in [0.717, 1.165) is 5.43 Å². The molecule has 0 bridgehead atoms. The molecule has 14 heteroatoms. The minimum absolute atomic E-state index is 0.0441. The topological polar surface area (TPSA) is 92.9 Å². The molecule has 2 amide bonds. The monoisotopic (exact) mass is 509 g/mol. The van der Waals surface area contributed by atoms with Crippen molar-refractivity contribution in [2.24, 2.45) is 5.10 Å². The lowest BCUT2D eigenvalue weighted by Gasteiger charge is -2.26. The molecule has 1 aromatic heterocycles. The van der Waals surface area contributed by atoms with Gasteiger partial charge in [0.05, 0.1) is 18.5 Å². The number of ether oxygens (including phenoxy) is 1. The number of para-hydroxylation sites is 2. The second-order valence-electron chi connectivity index (χ2n) is 7.51. The molecule has 2 N–H and O–H groups in total. The summed E-state index contributed by atoms with van der Waals surface area (Å²) < 4.78 is 101. The Hall–Kier alpha value is -3.58. The molecule has 0 radical (unpaired) electrons. The van der Waals surface area contributed by atoms with E-state index < -0.39 is 29.8 Å². The van der Waals surface area contributed by atoms with Crippen molar-refractivity contribution < 1.29 is 49.5 Å². The van der Waals surface area contributed by atoms with Crippen LogP contribution in [0.2, 0.25) is 0 Å². The largest absolute Gasteiger partial charge is 0.495 e. The summed E-state index contributed by atoms with van der Waals surface area (Å²) >= 11 is 0. The van der Waals surface area contributed by atoms with Gasteiger partial charge in [-0.3, -0.25) is 9.59 Å². The number of nitrogens with one attached hydrogen (secondary N) is 2. The molecule has 0 saturated carbocycles. The molecule has 1 aliphatic rings. The van der Waals surface area contributed by atoms with Crippen molar-refractivity contribution in [2.45, 2.75) is 44.2 Å². The molecule has 0 aliphatic heterocycles. The average molecular weight is 509 g/mol. The van der Waals surface area contributed by atoms with Crippen molar-refractivity contribution in [3.05, 3.63) is 46.9 Å². The zero-order valence-corrected chi connectivity index (χ0v) is 18.2.